The number of benzene rings is 6. The average molecular weight is 513 g/mol. The van der Waals surface area contributed by atoms with Crippen LogP contribution in [0.3, 0.4) is 0 Å². The van der Waals surface area contributed by atoms with Crippen molar-refractivity contribution in [1.29, 1.82) is 0 Å². The van der Waals surface area contributed by atoms with E-state index in [0.717, 1.165) is 55.1 Å². The van der Waals surface area contributed by atoms with Gasteiger partial charge in [-0.1, -0.05) is 66.7 Å². The predicted molar refractivity (Wildman–Crippen MR) is 167 cm³/mol. The minimum atomic E-state index is 0.943. The highest BCUT2D eigenvalue weighted by Crippen LogP contribution is 2.44. The van der Waals surface area contributed by atoms with Crippen molar-refractivity contribution in [3.8, 4) is 11.4 Å². The number of nitrogens with zero attached hydrogens (tertiary/aromatic N) is 2. The molecule has 0 amide bonds. The first-order valence-corrected chi connectivity index (χ1v) is 13.7. The number of para-hydroxylation sites is 3. The largest absolute Gasteiger partial charge is 0.455 e. The molecule has 0 bridgehead atoms. The number of fused-ring (bicyclic) bond motifs is 11. The van der Waals surface area contributed by atoms with Gasteiger partial charge in [-0.25, -0.2) is 0 Å². The Morgan fingerprint density at radius 1 is 0.425 bits per heavy atom. The van der Waals surface area contributed by atoms with Crippen LogP contribution in [0.5, 0.6) is 0 Å². The lowest BCUT2D eigenvalue weighted by molar-refractivity contribution is 0.677. The fourth-order valence-corrected chi connectivity index (χ4v) is 6.70. The summed E-state index contributed by atoms with van der Waals surface area (Å²) in [6.45, 7) is 2.14. The van der Waals surface area contributed by atoms with E-state index in [2.05, 4.69) is 143 Å². The predicted octanol–water partition coefficient (Wildman–Crippen LogP) is 10.1. The van der Waals surface area contributed by atoms with Crippen LogP contribution < -0.4 is 0 Å². The van der Waals surface area contributed by atoms with E-state index in [1.54, 1.807) is 0 Å². The second-order valence-electron chi connectivity index (χ2n) is 10.7. The Kier molecular flexibility index (Phi) is 4.26. The Morgan fingerprint density at radius 2 is 0.950 bits per heavy atom. The lowest BCUT2D eigenvalue weighted by atomic mass is 10.1. The van der Waals surface area contributed by atoms with Gasteiger partial charge in [0.2, 0.25) is 0 Å². The first-order chi connectivity index (χ1) is 19.8. The summed E-state index contributed by atoms with van der Waals surface area (Å²) in [4.78, 5) is 0. The van der Waals surface area contributed by atoms with Crippen molar-refractivity contribution >= 4 is 65.6 Å². The zero-order valence-electron chi connectivity index (χ0n) is 21.9. The molecule has 6 aromatic carbocycles. The molecule has 0 spiro atoms. The van der Waals surface area contributed by atoms with Crippen LogP contribution in [0.1, 0.15) is 5.56 Å². The van der Waals surface area contributed by atoms with Gasteiger partial charge in [0.15, 0.2) is 0 Å². The van der Waals surface area contributed by atoms with E-state index in [0.29, 0.717) is 0 Å². The number of aromatic nitrogens is 2. The summed E-state index contributed by atoms with van der Waals surface area (Å²) in [5.41, 5.74) is 10.1. The normalized spacial score (nSPS) is 12.1. The van der Waals surface area contributed by atoms with E-state index in [-0.39, 0.29) is 0 Å². The van der Waals surface area contributed by atoms with Crippen molar-refractivity contribution in [1.82, 2.24) is 9.13 Å². The van der Waals surface area contributed by atoms with Gasteiger partial charge in [0, 0.05) is 32.9 Å². The molecule has 9 rings (SSSR count). The molecule has 188 valence electrons. The summed E-state index contributed by atoms with van der Waals surface area (Å²) in [6.07, 6.45) is 0. The molecule has 3 nitrogen and oxygen atoms in total. The molecular weight excluding hydrogens is 488 g/mol. The monoisotopic (exact) mass is 512 g/mol. The fraction of sp³-hybridized carbons (Fsp3) is 0.0270. The molecule has 3 aromatic heterocycles. The third-order valence-corrected chi connectivity index (χ3v) is 8.35. The van der Waals surface area contributed by atoms with Crippen molar-refractivity contribution in [2.45, 2.75) is 6.92 Å². The van der Waals surface area contributed by atoms with Crippen LogP contribution in [-0.4, -0.2) is 9.13 Å². The molecule has 0 unspecified atom stereocenters. The molecule has 0 aliphatic rings. The van der Waals surface area contributed by atoms with Crippen LogP contribution >= 0.6 is 0 Å². The maximum Gasteiger partial charge on any atom is 0.145 e. The minimum Gasteiger partial charge on any atom is -0.455 e. The van der Waals surface area contributed by atoms with Crippen LogP contribution in [-0.2, 0) is 0 Å². The Labute approximate surface area is 230 Å². The van der Waals surface area contributed by atoms with Gasteiger partial charge in [-0.05, 0) is 73.2 Å². The number of hydrogen-bond acceptors (Lipinski definition) is 1. The average Bonchev–Trinajstić information content (AvgIpc) is 3.65. The molecule has 0 aliphatic carbocycles. The molecule has 0 saturated carbocycles. The fourth-order valence-electron chi connectivity index (χ4n) is 6.70. The van der Waals surface area contributed by atoms with Gasteiger partial charge in [0.1, 0.15) is 11.2 Å². The lowest BCUT2D eigenvalue weighted by Crippen LogP contribution is -1.93. The van der Waals surface area contributed by atoms with Gasteiger partial charge in [-0.3, -0.25) is 0 Å². The van der Waals surface area contributed by atoms with E-state index in [1.165, 1.54) is 27.4 Å². The van der Waals surface area contributed by atoms with Crippen molar-refractivity contribution in [3.05, 3.63) is 133 Å². The van der Waals surface area contributed by atoms with Crippen molar-refractivity contribution < 1.29 is 4.42 Å². The van der Waals surface area contributed by atoms with Crippen molar-refractivity contribution in [3.63, 3.8) is 0 Å². The molecular formula is C37H24N2O. The molecule has 40 heavy (non-hydrogen) atoms. The molecule has 0 fully saturated rings. The summed E-state index contributed by atoms with van der Waals surface area (Å²) in [7, 11) is 0. The number of furan rings is 1. The molecule has 3 heterocycles. The molecule has 0 atom stereocenters. The minimum absolute atomic E-state index is 0.943. The summed E-state index contributed by atoms with van der Waals surface area (Å²) < 4.78 is 11.7. The van der Waals surface area contributed by atoms with Gasteiger partial charge < -0.3 is 13.6 Å². The Hall–Kier alpha value is -5.28. The zero-order valence-corrected chi connectivity index (χ0v) is 21.9. The highest BCUT2D eigenvalue weighted by molar-refractivity contribution is 6.28. The van der Waals surface area contributed by atoms with Crippen LogP contribution in [0.4, 0.5) is 0 Å². The van der Waals surface area contributed by atoms with Gasteiger partial charge in [0.05, 0.1) is 32.8 Å². The summed E-state index contributed by atoms with van der Waals surface area (Å²) in [5, 5.41) is 7.01. The molecule has 9 aromatic rings. The van der Waals surface area contributed by atoms with Gasteiger partial charge >= 0.3 is 0 Å². The standard InChI is InChI=1S/C37H24N2O/c1-23-10-9-13-25(22-23)39-31-17-8-6-15-29(31)35-33(39)21-19-27-26-18-20-32-34(36(26)40-37(27)35)28-14-5-7-16-30(28)38(32)24-11-3-2-4-12-24/h2-22H,1H3. The first-order valence-electron chi connectivity index (χ1n) is 13.7. The lowest BCUT2D eigenvalue weighted by Gasteiger charge is -2.08. The maximum atomic E-state index is 6.99. The second kappa shape index (κ2) is 7.87. The SMILES string of the molecule is Cc1cccc(-n2c3ccccc3c3c4oc5c(ccc6c5c5ccccc5n6-c5ccccc5)c4ccc32)c1. The van der Waals surface area contributed by atoms with Gasteiger partial charge in [0.25, 0.3) is 0 Å². The van der Waals surface area contributed by atoms with E-state index in [4.69, 9.17) is 4.42 Å². The molecule has 0 N–H and O–H groups in total. The van der Waals surface area contributed by atoms with E-state index >= 15 is 0 Å². The highest BCUT2D eigenvalue weighted by atomic mass is 16.3. The highest BCUT2D eigenvalue weighted by Gasteiger charge is 2.22. The maximum absolute atomic E-state index is 6.99. The Balaban J connectivity index is 1.46. The van der Waals surface area contributed by atoms with Crippen molar-refractivity contribution in [2.75, 3.05) is 0 Å². The molecule has 0 saturated heterocycles. The number of rotatable bonds is 2. The second-order valence-corrected chi connectivity index (χ2v) is 10.7. The van der Waals surface area contributed by atoms with Gasteiger partial charge in [-0.2, -0.15) is 0 Å². The first kappa shape index (κ1) is 21.6. The van der Waals surface area contributed by atoms with Crippen LogP contribution in [0.15, 0.2) is 132 Å². The van der Waals surface area contributed by atoms with Crippen LogP contribution in [0.25, 0.3) is 76.9 Å². The van der Waals surface area contributed by atoms with Crippen molar-refractivity contribution in [2.24, 2.45) is 0 Å². The Bertz CT molecular complexity index is 2440. The number of aryl methyl sites for hydroxylation is 1. The molecule has 0 radical (unpaired) electrons. The quantitative estimate of drug-likeness (QED) is 0.226. The van der Waals surface area contributed by atoms with E-state index in [1.807, 2.05) is 0 Å². The van der Waals surface area contributed by atoms with Gasteiger partial charge in [-0.15, -0.1) is 0 Å². The zero-order chi connectivity index (χ0) is 26.4. The smallest absolute Gasteiger partial charge is 0.145 e. The van der Waals surface area contributed by atoms with E-state index in [9.17, 15) is 0 Å². The molecule has 0 aliphatic heterocycles. The van der Waals surface area contributed by atoms with Crippen LogP contribution in [0, 0.1) is 6.92 Å². The summed E-state index contributed by atoms with van der Waals surface area (Å²) in [6, 6.07) is 45.6. The molecule has 3 heteroatoms. The summed E-state index contributed by atoms with van der Waals surface area (Å²) in [5.74, 6) is 0. The third kappa shape index (κ3) is 2.79. The number of hydrogen-bond donors (Lipinski definition) is 0. The van der Waals surface area contributed by atoms with E-state index < -0.39 is 0 Å². The topological polar surface area (TPSA) is 23.0 Å². The summed E-state index contributed by atoms with van der Waals surface area (Å²) >= 11 is 0. The third-order valence-electron chi connectivity index (χ3n) is 8.35. The van der Waals surface area contributed by atoms with Crippen LogP contribution in [0.2, 0.25) is 0 Å². The Morgan fingerprint density at radius 3 is 1.55 bits per heavy atom.